The highest BCUT2D eigenvalue weighted by atomic mass is 16.5. The Bertz CT molecular complexity index is 491. The molecular formula is C13H13NO3. The standard InChI is InChI=1S/C13H13NO3/c1-2-6-16-13(15)11-5-3-4-10(7-11)12-8-14-9-17-12/h3-5,7-9H,2,6H2,1H3. The van der Waals surface area contributed by atoms with Crippen LogP contribution in [-0.2, 0) is 4.74 Å². The maximum atomic E-state index is 11.7. The van der Waals surface area contributed by atoms with E-state index in [-0.39, 0.29) is 5.97 Å². The molecule has 2 aromatic rings. The topological polar surface area (TPSA) is 52.3 Å². The van der Waals surface area contributed by atoms with E-state index < -0.39 is 0 Å². The lowest BCUT2D eigenvalue weighted by Gasteiger charge is -2.04. The summed E-state index contributed by atoms with van der Waals surface area (Å²) >= 11 is 0. The van der Waals surface area contributed by atoms with Crippen molar-refractivity contribution in [2.75, 3.05) is 6.61 Å². The monoisotopic (exact) mass is 231 g/mol. The molecule has 0 saturated carbocycles. The second-order valence-electron chi connectivity index (χ2n) is 3.58. The number of ether oxygens (including phenoxy) is 1. The number of hydrogen-bond donors (Lipinski definition) is 0. The van der Waals surface area contributed by atoms with Gasteiger partial charge in [-0.1, -0.05) is 19.1 Å². The first-order chi connectivity index (χ1) is 8.31. The summed E-state index contributed by atoms with van der Waals surface area (Å²) in [5.41, 5.74) is 1.33. The first-order valence-corrected chi connectivity index (χ1v) is 5.47. The molecule has 1 heterocycles. The van der Waals surface area contributed by atoms with Crippen molar-refractivity contribution in [2.24, 2.45) is 0 Å². The molecule has 0 N–H and O–H groups in total. The van der Waals surface area contributed by atoms with E-state index in [2.05, 4.69) is 4.98 Å². The summed E-state index contributed by atoms with van der Waals surface area (Å²) in [7, 11) is 0. The van der Waals surface area contributed by atoms with Crippen LogP contribution < -0.4 is 0 Å². The molecule has 1 aromatic heterocycles. The molecule has 0 bridgehead atoms. The minimum atomic E-state index is -0.312. The Kier molecular flexibility index (Phi) is 3.55. The second kappa shape index (κ2) is 5.30. The van der Waals surface area contributed by atoms with E-state index in [1.807, 2.05) is 13.0 Å². The number of carbonyl (C=O) groups excluding carboxylic acids is 1. The van der Waals surface area contributed by atoms with Crippen LogP contribution in [0.3, 0.4) is 0 Å². The Morgan fingerprint density at radius 1 is 1.47 bits per heavy atom. The number of benzene rings is 1. The van der Waals surface area contributed by atoms with Crippen LogP contribution >= 0.6 is 0 Å². The van der Waals surface area contributed by atoms with E-state index in [0.717, 1.165) is 12.0 Å². The normalized spacial score (nSPS) is 10.2. The van der Waals surface area contributed by atoms with E-state index in [4.69, 9.17) is 9.15 Å². The average molecular weight is 231 g/mol. The molecular weight excluding hydrogens is 218 g/mol. The molecule has 0 aliphatic rings. The largest absolute Gasteiger partial charge is 0.462 e. The van der Waals surface area contributed by atoms with Gasteiger partial charge in [0.2, 0.25) is 0 Å². The van der Waals surface area contributed by atoms with Crippen molar-refractivity contribution in [3.8, 4) is 11.3 Å². The van der Waals surface area contributed by atoms with E-state index in [1.54, 1.807) is 24.4 Å². The van der Waals surface area contributed by atoms with Gasteiger partial charge in [-0.2, -0.15) is 0 Å². The number of aromatic nitrogens is 1. The fourth-order valence-corrected chi connectivity index (χ4v) is 1.44. The van der Waals surface area contributed by atoms with Crippen molar-refractivity contribution in [1.29, 1.82) is 0 Å². The third-order valence-electron chi connectivity index (χ3n) is 2.25. The Morgan fingerprint density at radius 2 is 2.35 bits per heavy atom. The molecule has 0 saturated heterocycles. The lowest BCUT2D eigenvalue weighted by molar-refractivity contribution is 0.0505. The molecule has 1 aromatic carbocycles. The maximum absolute atomic E-state index is 11.7. The van der Waals surface area contributed by atoms with Gasteiger partial charge in [0.15, 0.2) is 12.2 Å². The molecule has 2 rings (SSSR count). The van der Waals surface area contributed by atoms with Crippen molar-refractivity contribution < 1.29 is 13.9 Å². The van der Waals surface area contributed by atoms with Crippen LogP contribution in [0.1, 0.15) is 23.7 Å². The Labute approximate surface area is 99.2 Å². The molecule has 17 heavy (non-hydrogen) atoms. The van der Waals surface area contributed by atoms with Crippen molar-refractivity contribution in [3.63, 3.8) is 0 Å². The van der Waals surface area contributed by atoms with Gasteiger partial charge in [0.25, 0.3) is 0 Å². The van der Waals surface area contributed by atoms with E-state index in [9.17, 15) is 4.79 Å². The number of hydrogen-bond acceptors (Lipinski definition) is 4. The summed E-state index contributed by atoms with van der Waals surface area (Å²) in [6.07, 6.45) is 3.78. The quantitative estimate of drug-likeness (QED) is 0.759. The minimum absolute atomic E-state index is 0.312. The predicted octanol–water partition coefficient (Wildman–Crippen LogP) is 2.91. The molecule has 0 radical (unpaired) electrons. The summed E-state index contributed by atoms with van der Waals surface area (Å²) < 4.78 is 10.2. The molecule has 88 valence electrons. The highest BCUT2D eigenvalue weighted by Crippen LogP contribution is 2.19. The SMILES string of the molecule is CCCOC(=O)c1cccc(-c2cnco2)c1. The van der Waals surface area contributed by atoms with Crippen LogP contribution in [0.15, 0.2) is 41.3 Å². The Morgan fingerprint density at radius 3 is 3.06 bits per heavy atom. The molecule has 0 aliphatic heterocycles. The van der Waals surface area contributed by atoms with Crippen molar-refractivity contribution >= 4 is 5.97 Å². The number of esters is 1. The van der Waals surface area contributed by atoms with Crippen molar-refractivity contribution in [1.82, 2.24) is 4.98 Å². The Hall–Kier alpha value is -2.10. The van der Waals surface area contributed by atoms with Crippen molar-refractivity contribution in [2.45, 2.75) is 13.3 Å². The lowest BCUT2D eigenvalue weighted by Crippen LogP contribution is -2.05. The summed E-state index contributed by atoms with van der Waals surface area (Å²) in [5.74, 6) is 0.323. The van der Waals surface area contributed by atoms with Gasteiger partial charge >= 0.3 is 5.97 Å². The smallest absolute Gasteiger partial charge is 0.338 e. The molecule has 0 atom stereocenters. The second-order valence-corrected chi connectivity index (χ2v) is 3.58. The van der Waals surface area contributed by atoms with Gasteiger partial charge < -0.3 is 9.15 Å². The van der Waals surface area contributed by atoms with Crippen LogP contribution in [0.2, 0.25) is 0 Å². The predicted molar refractivity (Wildman–Crippen MR) is 62.5 cm³/mol. The van der Waals surface area contributed by atoms with Crippen LogP contribution in [0.4, 0.5) is 0 Å². The van der Waals surface area contributed by atoms with Gasteiger partial charge in [0, 0.05) is 5.56 Å². The molecule has 0 aliphatic carbocycles. The zero-order chi connectivity index (χ0) is 12.1. The zero-order valence-electron chi connectivity index (χ0n) is 9.55. The van der Waals surface area contributed by atoms with Gasteiger partial charge in [-0.25, -0.2) is 9.78 Å². The minimum Gasteiger partial charge on any atom is -0.462 e. The van der Waals surface area contributed by atoms with Gasteiger partial charge in [-0.3, -0.25) is 0 Å². The van der Waals surface area contributed by atoms with Crippen molar-refractivity contribution in [3.05, 3.63) is 42.4 Å². The summed E-state index contributed by atoms with van der Waals surface area (Å²) in [6, 6.07) is 7.11. The first-order valence-electron chi connectivity index (χ1n) is 5.47. The molecule has 0 spiro atoms. The van der Waals surface area contributed by atoms with E-state index in [1.165, 1.54) is 6.39 Å². The summed E-state index contributed by atoms with van der Waals surface area (Å²) in [6.45, 7) is 2.39. The van der Waals surface area contributed by atoms with Crippen LogP contribution in [0.5, 0.6) is 0 Å². The molecule has 0 unspecified atom stereocenters. The maximum Gasteiger partial charge on any atom is 0.338 e. The summed E-state index contributed by atoms with van der Waals surface area (Å²) in [5, 5.41) is 0. The number of nitrogens with zero attached hydrogens (tertiary/aromatic N) is 1. The summed E-state index contributed by atoms with van der Waals surface area (Å²) in [4.78, 5) is 15.5. The number of rotatable bonds is 4. The average Bonchev–Trinajstić information content (AvgIpc) is 2.90. The highest BCUT2D eigenvalue weighted by molar-refractivity contribution is 5.90. The Balaban J connectivity index is 2.20. The molecule has 4 heteroatoms. The van der Waals surface area contributed by atoms with Crippen LogP contribution in [-0.4, -0.2) is 17.6 Å². The van der Waals surface area contributed by atoms with Gasteiger partial charge in [-0.05, 0) is 18.6 Å². The van der Waals surface area contributed by atoms with Crippen LogP contribution in [0.25, 0.3) is 11.3 Å². The van der Waals surface area contributed by atoms with Gasteiger partial charge in [0.1, 0.15) is 0 Å². The molecule has 0 amide bonds. The van der Waals surface area contributed by atoms with Gasteiger partial charge in [0.05, 0.1) is 18.4 Å². The highest BCUT2D eigenvalue weighted by Gasteiger charge is 2.09. The first kappa shape index (κ1) is 11.4. The van der Waals surface area contributed by atoms with Crippen LogP contribution in [0, 0.1) is 0 Å². The van der Waals surface area contributed by atoms with E-state index >= 15 is 0 Å². The lowest BCUT2D eigenvalue weighted by atomic mass is 10.1. The van der Waals surface area contributed by atoms with E-state index in [0.29, 0.717) is 17.9 Å². The molecule has 4 nitrogen and oxygen atoms in total. The fraction of sp³-hybridized carbons (Fsp3) is 0.231. The third kappa shape index (κ3) is 2.72. The number of carbonyl (C=O) groups is 1. The van der Waals surface area contributed by atoms with Gasteiger partial charge in [-0.15, -0.1) is 0 Å². The fourth-order valence-electron chi connectivity index (χ4n) is 1.44. The number of oxazole rings is 1. The molecule has 0 fully saturated rings. The third-order valence-corrected chi connectivity index (χ3v) is 2.25. The zero-order valence-corrected chi connectivity index (χ0v) is 9.55.